The molecule has 0 saturated carbocycles. The van der Waals surface area contributed by atoms with Gasteiger partial charge in [0.2, 0.25) is 0 Å². The number of hydrogen-bond acceptors (Lipinski definition) is 6. The van der Waals surface area contributed by atoms with Crippen LogP contribution in [0.15, 0.2) is 70.2 Å². The third-order valence-corrected chi connectivity index (χ3v) is 3.93. The fraction of sp³-hybridized carbons (Fsp3) is 0.0500. The van der Waals surface area contributed by atoms with Crippen molar-refractivity contribution in [3.05, 3.63) is 82.1 Å². The summed E-state index contributed by atoms with van der Waals surface area (Å²) in [5.41, 5.74) is 3.94. The minimum Gasteiger partial charge on any atom is -0.455 e. The maximum atomic E-state index is 11.9. The highest BCUT2D eigenvalue weighted by molar-refractivity contribution is 6.39. The first-order valence-electron chi connectivity index (χ1n) is 8.49. The van der Waals surface area contributed by atoms with Gasteiger partial charge < -0.3 is 9.73 Å². The third kappa shape index (κ3) is 4.92. The van der Waals surface area contributed by atoms with Crippen molar-refractivity contribution in [1.29, 1.82) is 0 Å². The zero-order chi connectivity index (χ0) is 20.8. The van der Waals surface area contributed by atoms with Crippen molar-refractivity contribution in [2.75, 3.05) is 5.32 Å². The molecule has 3 rings (SSSR count). The standard InChI is InChI=1S/C20H16N4O5/c1-13-5-2-3-8-17(13)22-19(25)20(26)23-21-12-16-9-10-18(29-16)14-6-4-7-15(11-14)24(27)28/h2-12H,1H3,(H,22,25)(H,23,26)/b21-12+. The zero-order valence-electron chi connectivity index (χ0n) is 15.3. The fourth-order valence-corrected chi connectivity index (χ4v) is 2.45. The number of nitro benzene ring substituents is 1. The van der Waals surface area contributed by atoms with Gasteiger partial charge in [-0.15, -0.1) is 0 Å². The molecular formula is C20H16N4O5. The highest BCUT2D eigenvalue weighted by Gasteiger charge is 2.14. The summed E-state index contributed by atoms with van der Waals surface area (Å²) in [7, 11) is 0. The molecule has 0 bridgehead atoms. The minimum absolute atomic E-state index is 0.0546. The average molecular weight is 392 g/mol. The molecule has 9 nitrogen and oxygen atoms in total. The van der Waals surface area contributed by atoms with Gasteiger partial charge in [0.1, 0.15) is 11.5 Å². The van der Waals surface area contributed by atoms with Gasteiger partial charge in [0.05, 0.1) is 11.1 Å². The molecule has 2 aromatic carbocycles. The number of rotatable bonds is 5. The number of hydrazone groups is 1. The number of non-ortho nitro benzene ring substituents is 1. The molecule has 1 aromatic heterocycles. The summed E-state index contributed by atoms with van der Waals surface area (Å²) in [5.74, 6) is -1.09. The Labute approximate surface area is 165 Å². The zero-order valence-corrected chi connectivity index (χ0v) is 15.3. The quantitative estimate of drug-likeness (QED) is 0.298. The molecule has 146 valence electrons. The molecule has 0 radical (unpaired) electrons. The predicted octanol–water partition coefficient (Wildman–Crippen LogP) is 3.25. The Morgan fingerprint density at radius 1 is 1.07 bits per heavy atom. The summed E-state index contributed by atoms with van der Waals surface area (Å²) in [6, 6.07) is 16.2. The normalized spacial score (nSPS) is 10.7. The van der Waals surface area contributed by atoms with E-state index < -0.39 is 16.7 Å². The molecule has 2 N–H and O–H groups in total. The van der Waals surface area contributed by atoms with Gasteiger partial charge in [0.25, 0.3) is 5.69 Å². The second-order valence-corrected chi connectivity index (χ2v) is 5.98. The SMILES string of the molecule is Cc1ccccc1NC(=O)C(=O)N/N=C/c1ccc(-c2cccc([N+](=O)[O-])c2)o1. The van der Waals surface area contributed by atoms with Gasteiger partial charge in [-0.3, -0.25) is 19.7 Å². The maximum Gasteiger partial charge on any atom is 0.329 e. The minimum atomic E-state index is -0.935. The summed E-state index contributed by atoms with van der Waals surface area (Å²) in [6.45, 7) is 1.81. The van der Waals surface area contributed by atoms with Crippen molar-refractivity contribution in [3.63, 3.8) is 0 Å². The van der Waals surface area contributed by atoms with Crippen LogP contribution in [0.2, 0.25) is 0 Å². The number of para-hydroxylation sites is 1. The molecule has 2 amide bonds. The van der Waals surface area contributed by atoms with E-state index in [1.807, 2.05) is 19.1 Å². The van der Waals surface area contributed by atoms with E-state index in [-0.39, 0.29) is 5.69 Å². The molecule has 3 aromatic rings. The Kier molecular flexibility index (Phi) is 5.79. The average Bonchev–Trinajstić information content (AvgIpc) is 3.18. The highest BCUT2D eigenvalue weighted by Crippen LogP contribution is 2.25. The number of furan rings is 1. The first kappa shape index (κ1) is 19.5. The van der Waals surface area contributed by atoms with E-state index in [0.717, 1.165) is 5.56 Å². The van der Waals surface area contributed by atoms with Crippen molar-refractivity contribution in [1.82, 2.24) is 5.43 Å². The van der Waals surface area contributed by atoms with E-state index >= 15 is 0 Å². The number of nitro groups is 1. The van der Waals surface area contributed by atoms with Gasteiger partial charge in [-0.05, 0) is 30.7 Å². The topological polar surface area (TPSA) is 127 Å². The molecule has 0 aliphatic rings. The second kappa shape index (κ2) is 8.61. The van der Waals surface area contributed by atoms with Crippen molar-refractivity contribution in [2.45, 2.75) is 6.92 Å². The van der Waals surface area contributed by atoms with Crippen LogP contribution in [-0.4, -0.2) is 23.0 Å². The first-order valence-corrected chi connectivity index (χ1v) is 8.49. The van der Waals surface area contributed by atoms with Gasteiger partial charge in [-0.2, -0.15) is 5.10 Å². The lowest BCUT2D eigenvalue weighted by Gasteiger charge is -2.06. The van der Waals surface area contributed by atoms with E-state index in [0.29, 0.717) is 22.8 Å². The molecule has 0 atom stereocenters. The lowest BCUT2D eigenvalue weighted by molar-refractivity contribution is -0.384. The van der Waals surface area contributed by atoms with Gasteiger partial charge in [-0.1, -0.05) is 30.3 Å². The Balaban J connectivity index is 1.60. The van der Waals surface area contributed by atoms with Crippen molar-refractivity contribution < 1.29 is 18.9 Å². The fourth-order valence-electron chi connectivity index (χ4n) is 2.45. The molecular weight excluding hydrogens is 376 g/mol. The van der Waals surface area contributed by atoms with E-state index in [1.54, 1.807) is 36.4 Å². The molecule has 0 aliphatic heterocycles. The Hall–Kier alpha value is -4.27. The highest BCUT2D eigenvalue weighted by atomic mass is 16.6. The third-order valence-electron chi connectivity index (χ3n) is 3.93. The number of nitrogens with zero attached hydrogens (tertiary/aromatic N) is 2. The summed E-state index contributed by atoms with van der Waals surface area (Å²) in [4.78, 5) is 34.1. The van der Waals surface area contributed by atoms with Crippen LogP contribution in [0, 0.1) is 17.0 Å². The molecule has 29 heavy (non-hydrogen) atoms. The number of anilines is 1. The van der Waals surface area contributed by atoms with E-state index in [4.69, 9.17) is 4.42 Å². The van der Waals surface area contributed by atoms with Crippen molar-refractivity contribution >= 4 is 29.4 Å². The van der Waals surface area contributed by atoms with Gasteiger partial charge in [0.15, 0.2) is 0 Å². The van der Waals surface area contributed by atoms with Crippen LogP contribution in [0.25, 0.3) is 11.3 Å². The maximum absolute atomic E-state index is 11.9. The van der Waals surface area contributed by atoms with Crippen LogP contribution in [0.1, 0.15) is 11.3 Å². The van der Waals surface area contributed by atoms with E-state index in [9.17, 15) is 19.7 Å². The van der Waals surface area contributed by atoms with Crippen LogP contribution in [-0.2, 0) is 9.59 Å². The van der Waals surface area contributed by atoms with Crippen LogP contribution in [0.5, 0.6) is 0 Å². The summed E-state index contributed by atoms with van der Waals surface area (Å²) >= 11 is 0. The lowest BCUT2D eigenvalue weighted by atomic mass is 10.1. The van der Waals surface area contributed by atoms with Gasteiger partial charge in [-0.25, -0.2) is 5.43 Å². The summed E-state index contributed by atoms with van der Waals surface area (Å²) in [6.07, 6.45) is 1.22. The second-order valence-electron chi connectivity index (χ2n) is 5.98. The van der Waals surface area contributed by atoms with Crippen LogP contribution in [0.4, 0.5) is 11.4 Å². The number of hydrogen-bond donors (Lipinski definition) is 2. The summed E-state index contributed by atoms with van der Waals surface area (Å²) in [5, 5.41) is 17.1. The number of carbonyl (C=O) groups is 2. The monoisotopic (exact) mass is 392 g/mol. The lowest BCUT2D eigenvalue weighted by Crippen LogP contribution is -2.32. The molecule has 0 fully saturated rings. The molecule has 0 saturated heterocycles. The first-order chi connectivity index (χ1) is 13.9. The smallest absolute Gasteiger partial charge is 0.329 e. The van der Waals surface area contributed by atoms with Crippen molar-refractivity contribution in [2.24, 2.45) is 5.10 Å². The Morgan fingerprint density at radius 2 is 1.86 bits per heavy atom. The molecule has 0 aliphatic carbocycles. The van der Waals surface area contributed by atoms with Crippen LogP contribution in [0.3, 0.4) is 0 Å². The number of nitrogens with one attached hydrogen (secondary N) is 2. The molecule has 0 unspecified atom stereocenters. The largest absolute Gasteiger partial charge is 0.455 e. The Morgan fingerprint density at radius 3 is 2.62 bits per heavy atom. The van der Waals surface area contributed by atoms with Crippen LogP contribution < -0.4 is 10.7 Å². The summed E-state index contributed by atoms with van der Waals surface area (Å²) < 4.78 is 5.53. The van der Waals surface area contributed by atoms with E-state index in [2.05, 4.69) is 15.8 Å². The van der Waals surface area contributed by atoms with Crippen molar-refractivity contribution in [3.8, 4) is 11.3 Å². The predicted molar refractivity (Wildman–Crippen MR) is 106 cm³/mol. The number of benzene rings is 2. The van der Waals surface area contributed by atoms with Gasteiger partial charge >= 0.3 is 11.8 Å². The number of aryl methyl sites for hydroxylation is 1. The number of amides is 2. The number of carbonyl (C=O) groups excluding carboxylic acids is 2. The van der Waals surface area contributed by atoms with Crippen LogP contribution >= 0.6 is 0 Å². The van der Waals surface area contributed by atoms with E-state index in [1.165, 1.54) is 18.3 Å². The Bertz CT molecular complexity index is 1100. The molecule has 9 heteroatoms. The molecule has 0 spiro atoms. The van der Waals surface area contributed by atoms with Gasteiger partial charge in [0, 0.05) is 23.4 Å². The molecule has 1 heterocycles.